The first-order valence-electron chi connectivity index (χ1n) is 7.78. The van der Waals surface area contributed by atoms with Crippen LogP contribution in [0.2, 0.25) is 10.0 Å². The van der Waals surface area contributed by atoms with Crippen molar-refractivity contribution in [3.05, 3.63) is 46.4 Å². The minimum Gasteiger partial charge on any atom is -0.493 e. The third kappa shape index (κ3) is 5.18. The molecule has 1 amide bonds. The number of carbonyl (C=O) groups excluding carboxylic acids is 1. The molecule has 0 radical (unpaired) electrons. The van der Waals surface area contributed by atoms with Gasteiger partial charge in [-0.25, -0.2) is 0 Å². The molecule has 25 heavy (non-hydrogen) atoms. The second kappa shape index (κ2) is 8.83. The van der Waals surface area contributed by atoms with Crippen LogP contribution < -0.4 is 20.1 Å². The Bertz CT molecular complexity index is 753. The standard InChI is InChI=1S/C18H20Cl2N2O3/c1-4-25-16-8-6-13(10-17(16)24-3)21-11(2)18(23)22-15-9-12(19)5-7-14(15)20/h5-11,21H,4H2,1-3H3,(H,22,23)/t11-/m0/s1. The van der Waals surface area contributed by atoms with Gasteiger partial charge in [0.15, 0.2) is 11.5 Å². The average Bonchev–Trinajstić information content (AvgIpc) is 2.59. The van der Waals surface area contributed by atoms with Crippen molar-refractivity contribution in [3.8, 4) is 11.5 Å². The minimum atomic E-state index is -0.502. The van der Waals surface area contributed by atoms with Crippen LogP contribution in [0.15, 0.2) is 36.4 Å². The lowest BCUT2D eigenvalue weighted by atomic mass is 10.2. The summed E-state index contributed by atoms with van der Waals surface area (Å²) in [6.07, 6.45) is 0. The largest absolute Gasteiger partial charge is 0.493 e. The molecule has 0 aliphatic carbocycles. The number of anilines is 2. The molecule has 2 aromatic rings. The fourth-order valence-corrected chi connectivity index (χ4v) is 2.52. The number of hydrogen-bond acceptors (Lipinski definition) is 4. The molecule has 5 nitrogen and oxygen atoms in total. The van der Waals surface area contributed by atoms with Gasteiger partial charge in [0.05, 0.1) is 24.4 Å². The lowest BCUT2D eigenvalue weighted by Crippen LogP contribution is -2.31. The van der Waals surface area contributed by atoms with Crippen molar-refractivity contribution in [1.82, 2.24) is 0 Å². The molecule has 2 aromatic carbocycles. The fourth-order valence-electron chi connectivity index (χ4n) is 2.18. The Morgan fingerprint density at radius 2 is 1.92 bits per heavy atom. The molecule has 0 fully saturated rings. The summed E-state index contributed by atoms with van der Waals surface area (Å²) in [5.41, 5.74) is 1.21. The average molecular weight is 383 g/mol. The van der Waals surface area contributed by atoms with Crippen LogP contribution in [0.25, 0.3) is 0 Å². The van der Waals surface area contributed by atoms with Crippen molar-refractivity contribution in [2.75, 3.05) is 24.4 Å². The van der Waals surface area contributed by atoms with Crippen LogP contribution in [0, 0.1) is 0 Å². The van der Waals surface area contributed by atoms with Crippen molar-refractivity contribution in [3.63, 3.8) is 0 Å². The van der Waals surface area contributed by atoms with Crippen LogP contribution in [0.3, 0.4) is 0 Å². The van der Waals surface area contributed by atoms with E-state index in [0.29, 0.717) is 33.8 Å². The number of amides is 1. The maximum atomic E-state index is 12.4. The number of benzene rings is 2. The molecule has 0 bridgehead atoms. The Morgan fingerprint density at radius 1 is 1.16 bits per heavy atom. The smallest absolute Gasteiger partial charge is 0.246 e. The van der Waals surface area contributed by atoms with Gasteiger partial charge >= 0.3 is 0 Å². The van der Waals surface area contributed by atoms with E-state index in [1.165, 1.54) is 0 Å². The van der Waals surface area contributed by atoms with E-state index in [1.54, 1.807) is 44.4 Å². The lowest BCUT2D eigenvalue weighted by Gasteiger charge is -2.17. The third-order valence-electron chi connectivity index (χ3n) is 3.43. The highest BCUT2D eigenvalue weighted by molar-refractivity contribution is 6.35. The molecule has 2 N–H and O–H groups in total. The summed E-state index contributed by atoms with van der Waals surface area (Å²) in [6.45, 7) is 4.19. The fraction of sp³-hybridized carbons (Fsp3) is 0.278. The van der Waals surface area contributed by atoms with Gasteiger partial charge in [-0.3, -0.25) is 4.79 Å². The molecular formula is C18H20Cl2N2O3. The van der Waals surface area contributed by atoms with E-state index in [4.69, 9.17) is 32.7 Å². The predicted molar refractivity (Wildman–Crippen MR) is 102 cm³/mol. The van der Waals surface area contributed by atoms with Crippen LogP contribution in [-0.2, 0) is 4.79 Å². The topological polar surface area (TPSA) is 59.6 Å². The molecule has 0 unspecified atom stereocenters. The summed E-state index contributed by atoms with van der Waals surface area (Å²) >= 11 is 12.0. The number of carbonyl (C=O) groups is 1. The Morgan fingerprint density at radius 3 is 2.60 bits per heavy atom. The molecule has 0 spiro atoms. The van der Waals surface area contributed by atoms with Gasteiger partial charge in [0.2, 0.25) is 5.91 Å². The van der Waals surface area contributed by atoms with E-state index in [1.807, 2.05) is 13.0 Å². The van der Waals surface area contributed by atoms with Gasteiger partial charge in [0, 0.05) is 16.8 Å². The summed E-state index contributed by atoms with van der Waals surface area (Å²) < 4.78 is 10.8. The molecule has 0 saturated carbocycles. The van der Waals surface area contributed by atoms with Crippen LogP contribution in [0.1, 0.15) is 13.8 Å². The van der Waals surface area contributed by atoms with Gasteiger partial charge in [-0.05, 0) is 44.2 Å². The van der Waals surface area contributed by atoms with E-state index in [2.05, 4.69) is 10.6 Å². The molecule has 1 atom stereocenters. The van der Waals surface area contributed by atoms with Gasteiger partial charge in [-0.1, -0.05) is 23.2 Å². The maximum Gasteiger partial charge on any atom is 0.246 e. The number of nitrogens with one attached hydrogen (secondary N) is 2. The zero-order chi connectivity index (χ0) is 18.4. The first kappa shape index (κ1) is 19.2. The first-order valence-corrected chi connectivity index (χ1v) is 8.53. The molecule has 7 heteroatoms. The van der Waals surface area contributed by atoms with Crippen LogP contribution in [-0.4, -0.2) is 25.7 Å². The van der Waals surface area contributed by atoms with Crippen molar-refractivity contribution in [2.45, 2.75) is 19.9 Å². The van der Waals surface area contributed by atoms with Crippen LogP contribution in [0.4, 0.5) is 11.4 Å². The van der Waals surface area contributed by atoms with Gasteiger partial charge in [0.1, 0.15) is 6.04 Å². The molecule has 0 aliphatic rings. The first-order chi connectivity index (χ1) is 11.9. The number of hydrogen-bond donors (Lipinski definition) is 2. The summed E-state index contributed by atoms with van der Waals surface area (Å²) in [5.74, 6) is 1.01. The zero-order valence-electron chi connectivity index (χ0n) is 14.2. The maximum absolute atomic E-state index is 12.4. The summed E-state index contributed by atoms with van der Waals surface area (Å²) in [5, 5.41) is 6.79. The van der Waals surface area contributed by atoms with Crippen LogP contribution in [0.5, 0.6) is 11.5 Å². The molecular weight excluding hydrogens is 363 g/mol. The van der Waals surface area contributed by atoms with Crippen molar-refractivity contribution < 1.29 is 14.3 Å². The quantitative estimate of drug-likeness (QED) is 0.718. The molecule has 0 aromatic heterocycles. The van der Waals surface area contributed by atoms with E-state index >= 15 is 0 Å². The highest BCUT2D eigenvalue weighted by atomic mass is 35.5. The van der Waals surface area contributed by atoms with Crippen LogP contribution >= 0.6 is 23.2 Å². The monoisotopic (exact) mass is 382 g/mol. The minimum absolute atomic E-state index is 0.239. The highest BCUT2D eigenvalue weighted by Crippen LogP contribution is 2.30. The molecule has 0 aliphatic heterocycles. The SMILES string of the molecule is CCOc1ccc(N[C@@H](C)C(=O)Nc2cc(Cl)ccc2Cl)cc1OC. The van der Waals surface area contributed by atoms with E-state index in [9.17, 15) is 4.79 Å². The number of ether oxygens (including phenoxy) is 2. The lowest BCUT2D eigenvalue weighted by molar-refractivity contribution is -0.116. The molecule has 134 valence electrons. The van der Waals surface area contributed by atoms with Gasteiger partial charge < -0.3 is 20.1 Å². The van der Waals surface area contributed by atoms with Crippen molar-refractivity contribution in [2.24, 2.45) is 0 Å². The third-order valence-corrected chi connectivity index (χ3v) is 3.99. The summed E-state index contributed by atoms with van der Waals surface area (Å²) in [6, 6.07) is 9.79. The summed E-state index contributed by atoms with van der Waals surface area (Å²) in [4.78, 5) is 12.4. The molecule has 0 heterocycles. The van der Waals surface area contributed by atoms with Crippen molar-refractivity contribution in [1.29, 1.82) is 0 Å². The van der Waals surface area contributed by atoms with Gasteiger partial charge in [-0.15, -0.1) is 0 Å². The second-order valence-corrected chi connectivity index (χ2v) is 6.12. The van der Waals surface area contributed by atoms with E-state index < -0.39 is 6.04 Å². The predicted octanol–water partition coefficient (Wildman–Crippen LogP) is 4.84. The van der Waals surface area contributed by atoms with Gasteiger partial charge in [0.25, 0.3) is 0 Å². The Kier molecular flexibility index (Phi) is 6.79. The molecule has 2 rings (SSSR count). The number of methoxy groups -OCH3 is 1. The number of rotatable bonds is 7. The van der Waals surface area contributed by atoms with E-state index in [-0.39, 0.29) is 5.91 Å². The zero-order valence-corrected chi connectivity index (χ0v) is 15.7. The van der Waals surface area contributed by atoms with E-state index in [0.717, 1.165) is 5.69 Å². The normalized spacial score (nSPS) is 11.6. The Hall–Kier alpha value is -2.11. The Labute approximate surface area is 157 Å². The molecule has 0 saturated heterocycles. The highest BCUT2D eigenvalue weighted by Gasteiger charge is 2.15. The Balaban J connectivity index is 2.07. The van der Waals surface area contributed by atoms with Gasteiger partial charge in [-0.2, -0.15) is 0 Å². The second-order valence-electron chi connectivity index (χ2n) is 5.28. The van der Waals surface area contributed by atoms with Crippen molar-refractivity contribution >= 4 is 40.5 Å². The number of halogens is 2. The summed E-state index contributed by atoms with van der Waals surface area (Å²) in [7, 11) is 1.57.